The van der Waals surface area contributed by atoms with Crippen LogP contribution in [0.4, 0.5) is 52.7 Å². The Morgan fingerprint density at radius 3 is 1.90 bits per heavy atom. The van der Waals surface area contributed by atoms with Gasteiger partial charge in [-0.2, -0.15) is 52.7 Å². The molecule has 8 fully saturated rings. The van der Waals surface area contributed by atoms with Crippen LogP contribution >= 0.6 is 0 Å². The van der Waals surface area contributed by atoms with Gasteiger partial charge >= 0.3 is 48.2 Å². The number of methoxy groups -OCH3 is 1. The topological polar surface area (TPSA) is 128 Å². The van der Waals surface area contributed by atoms with Crippen molar-refractivity contribution in [3.05, 3.63) is 0 Å². The van der Waals surface area contributed by atoms with Gasteiger partial charge in [-0.3, -0.25) is 9.59 Å². The molecular formula is C45H62F12O11. The van der Waals surface area contributed by atoms with Crippen molar-refractivity contribution < 1.29 is 105 Å². The number of rotatable bonds is 16. The highest BCUT2D eigenvalue weighted by Gasteiger charge is 2.80. The number of aliphatic hydroxyl groups is 1. The Morgan fingerprint density at radius 2 is 1.40 bits per heavy atom. The number of carbonyl (C=O) groups is 2. The van der Waals surface area contributed by atoms with Crippen LogP contribution in [0, 0.1) is 64.1 Å². The van der Waals surface area contributed by atoms with Crippen molar-refractivity contribution >= 4 is 11.9 Å². The Bertz CT molecular complexity index is 1830. The molecule has 0 amide bonds. The van der Waals surface area contributed by atoms with Crippen LogP contribution in [0.1, 0.15) is 113 Å². The number of halogens is 12. The minimum atomic E-state index is -6.39. The van der Waals surface area contributed by atoms with Gasteiger partial charge in [0.25, 0.3) is 0 Å². The van der Waals surface area contributed by atoms with Gasteiger partial charge in [-0.15, -0.1) is 0 Å². The van der Waals surface area contributed by atoms with Gasteiger partial charge in [-0.1, -0.05) is 13.8 Å². The fourth-order valence-electron chi connectivity index (χ4n) is 14.6. The van der Waals surface area contributed by atoms with Crippen LogP contribution in [-0.2, 0) is 47.5 Å². The summed E-state index contributed by atoms with van der Waals surface area (Å²) >= 11 is 0. The van der Waals surface area contributed by atoms with Gasteiger partial charge < -0.3 is 43.0 Å². The van der Waals surface area contributed by atoms with E-state index in [0.29, 0.717) is 19.4 Å². The predicted molar refractivity (Wildman–Crippen MR) is 209 cm³/mol. The van der Waals surface area contributed by atoms with E-state index in [4.69, 9.17) is 28.4 Å². The molecule has 11 nitrogen and oxygen atoms in total. The van der Waals surface area contributed by atoms with Gasteiger partial charge in [0, 0.05) is 31.0 Å². The zero-order chi connectivity index (χ0) is 50.9. The number of alkyl halides is 12. The highest BCUT2D eigenvalue weighted by atomic mass is 19.4. The number of esters is 2. The molecule has 5 aliphatic carbocycles. The smallest absolute Gasteiger partial charge is 0.393 e. The molecule has 5 saturated carbocycles. The Labute approximate surface area is 386 Å². The summed E-state index contributed by atoms with van der Waals surface area (Å²) in [7, 11) is 1.02. The minimum Gasteiger partial charge on any atom is -0.393 e. The molecule has 3 saturated heterocycles. The van der Waals surface area contributed by atoms with E-state index in [2.05, 4.69) is 9.47 Å². The lowest BCUT2D eigenvalue weighted by Crippen LogP contribution is -2.71. The lowest BCUT2D eigenvalue weighted by molar-refractivity contribution is -0.496. The number of hydrogen-bond acceptors (Lipinski definition) is 11. The normalized spacial score (nSPS) is 38.7. The summed E-state index contributed by atoms with van der Waals surface area (Å²) < 4.78 is 217. The maximum Gasteiger partial charge on any atom is 0.453 e. The maximum absolute atomic E-state index is 14.9. The second-order valence-corrected chi connectivity index (χ2v) is 22.0. The summed E-state index contributed by atoms with van der Waals surface area (Å²) in [5, 5.41) is 10.2. The van der Waals surface area contributed by atoms with Crippen molar-refractivity contribution in [3.8, 4) is 0 Å². The first-order valence-electron chi connectivity index (χ1n) is 23.2. The largest absolute Gasteiger partial charge is 0.453 e. The standard InChI is InChI=1S/C45H62F12O11/c1-22(15-26-31(34(59)64-33(26)58)30-23(2)27-16-28(30)65-37(27,7)66-29-11-9-10-12-62-29)38-17-24-19-39(21-38,36(5,6)68-41(44(52,53)54,45(55,56)57)63-14-13-61-8)20-25(18-38)32(24)35(3,4)67-40(60,42(46,47)48)43(49,50)51/h22-32,60H,9-21H2,1-8H3. The number of cyclic esters (lactones) is 2. The third kappa shape index (κ3) is 8.68. The number of hydrogen-bond donors (Lipinski definition) is 1. The molecular weight excluding hydrogens is 944 g/mol. The van der Waals surface area contributed by atoms with E-state index < -0.39 is 143 Å². The number of fused-ring (bicyclic) bond motifs is 2. The second kappa shape index (κ2) is 17.3. The summed E-state index contributed by atoms with van der Waals surface area (Å²) in [4.78, 5) is 27.5. The van der Waals surface area contributed by atoms with E-state index >= 15 is 0 Å². The van der Waals surface area contributed by atoms with Gasteiger partial charge in [0.1, 0.15) is 0 Å². The van der Waals surface area contributed by atoms with Crippen molar-refractivity contribution in [1.82, 2.24) is 0 Å². The Hall–Kier alpha value is -2.02. The molecule has 0 aromatic rings. The molecule has 0 aromatic heterocycles. The first-order valence-corrected chi connectivity index (χ1v) is 23.2. The monoisotopic (exact) mass is 1010 g/mol. The second-order valence-electron chi connectivity index (χ2n) is 22.0. The van der Waals surface area contributed by atoms with E-state index in [1.165, 1.54) is 0 Å². The highest BCUT2D eigenvalue weighted by molar-refractivity contribution is 5.96. The molecule has 0 spiro atoms. The van der Waals surface area contributed by atoms with Crippen molar-refractivity contribution in [2.45, 2.75) is 178 Å². The van der Waals surface area contributed by atoms with Crippen LogP contribution in [0.3, 0.4) is 0 Å². The minimum absolute atomic E-state index is 0.0304. The first kappa shape index (κ1) is 53.8. The highest BCUT2D eigenvalue weighted by Crippen LogP contribution is 2.75. The Balaban J connectivity index is 1.23. The van der Waals surface area contributed by atoms with Gasteiger partial charge in [-0.05, 0) is 134 Å². The molecule has 3 heterocycles. The van der Waals surface area contributed by atoms with E-state index in [1.54, 1.807) is 13.8 Å². The van der Waals surface area contributed by atoms with Crippen LogP contribution in [0.15, 0.2) is 0 Å². The van der Waals surface area contributed by atoms with Crippen molar-refractivity contribution in [3.63, 3.8) is 0 Å². The average Bonchev–Trinajstić information content (AvgIpc) is 3.77. The first-order chi connectivity index (χ1) is 30.9. The van der Waals surface area contributed by atoms with Gasteiger partial charge in [-0.25, -0.2) is 0 Å². The Morgan fingerprint density at radius 1 is 0.809 bits per heavy atom. The SMILES string of the molecule is COCCOC(OC(C)(C)C12CC3CC(C(C)CC4C(=O)OC(=O)C4C4C5CC(C4C)C(C)(OC4CCCCO4)O5)(CC(C1)C3C(C)(C)OC(O)(C(F)(F)F)C(F)(F)F)C2)(C(F)(F)F)C(F)(F)F. The van der Waals surface area contributed by atoms with Crippen LogP contribution in [0.5, 0.6) is 0 Å². The summed E-state index contributed by atoms with van der Waals surface area (Å²) in [5.41, 5.74) is -7.75. The molecule has 6 bridgehead atoms. The van der Waals surface area contributed by atoms with Gasteiger partial charge in [0.15, 0.2) is 12.1 Å². The molecule has 0 radical (unpaired) electrons. The lowest BCUT2D eigenvalue weighted by atomic mass is 9.35. The zero-order valence-electron chi connectivity index (χ0n) is 39.1. The fourth-order valence-corrected chi connectivity index (χ4v) is 14.6. The van der Waals surface area contributed by atoms with Gasteiger partial charge in [0.05, 0.1) is 42.4 Å². The fraction of sp³-hybridized carbons (Fsp3) is 0.956. The summed E-state index contributed by atoms with van der Waals surface area (Å²) in [5.74, 6) is -20.8. The molecule has 11 atom stereocenters. The molecule has 1 N–H and O–H groups in total. The third-order valence-corrected chi connectivity index (χ3v) is 17.3. The molecule has 68 heavy (non-hydrogen) atoms. The predicted octanol–water partition coefficient (Wildman–Crippen LogP) is 9.96. The summed E-state index contributed by atoms with van der Waals surface area (Å²) in [6.07, 6.45) is -24.3. The van der Waals surface area contributed by atoms with Crippen LogP contribution in [0.25, 0.3) is 0 Å². The van der Waals surface area contributed by atoms with Gasteiger partial charge in [0.2, 0.25) is 0 Å². The molecule has 8 rings (SSSR count). The van der Waals surface area contributed by atoms with Crippen LogP contribution in [0.2, 0.25) is 0 Å². The molecule has 11 unspecified atom stereocenters. The molecule has 3 aliphatic heterocycles. The lowest BCUT2D eigenvalue weighted by Gasteiger charge is -2.71. The van der Waals surface area contributed by atoms with Crippen LogP contribution < -0.4 is 0 Å². The quantitative estimate of drug-likeness (QED) is 0.0522. The summed E-state index contributed by atoms with van der Waals surface area (Å²) in [6, 6.07) is 0. The van der Waals surface area contributed by atoms with E-state index in [9.17, 15) is 67.4 Å². The van der Waals surface area contributed by atoms with Crippen molar-refractivity contribution in [2.75, 3.05) is 26.9 Å². The zero-order valence-corrected chi connectivity index (χ0v) is 39.1. The van der Waals surface area contributed by atoms with E-state index in [0.717, 1.165) is 47.6 Å². The third-order valence-electron chi connectivity index (χ3n) is 17.3. The number of ether oxygens (including phenoxy) is 8. The van der Waals surface area contributed by atoms with Crippen molar-refractivity contribution in [2.24, 2.45) is 64.1 Å². The van der Waals surface area contributed by atoms with E-state index in [-0.39, 0.29) is 50.4 Å². The summed E-state index contributed by atoms with van der Waals surface area (Å²) in [6.45, 7) is 7.92. The van der Waals surface area contributed by atoms with Crippen LogP contribution in [-0.4, -0.2) is 110 Å². The van der Waals surface area contributed by atoms with E-state index in [1.807, 2.05) is 6.92 Å². The molecule has 0 aromatic carbocycles. The molecule has 8 aliphatic rings. The maximum atomic E-state index is 14.9. The van der Waals surface area contributed by atoms with Crippen molar-refractivity contribution in [1.29, 1.82) is 0 Å². The molecule has 23 heteroatoms. The molecule has 392 valence electrons. The Kier molecular flexibility index (Phi) is 13.7. The number of carbonyl (C=O) groups excluding carboxylic acids is 2. The average molecular weight is 1010 g/mol.